The van der Waals surface area contributed by atoms with Gasteiger partial charge in [0.2, 0.25) is 5.89 Å². The number of aromatic nitrogens is 3. The molecule has 3 aromatic rings. The lowest BCUT2D eigenvalue weighted by Gasteiger charge is -1.97. The number of aryl methyl sites for hydroxylation is 1. The lowest BCUT2D eigenvalue weighted by molar-refractivity contribution is 0.377. The van der Waals surface area contributed by atoms with E-state index in [9.17, 15) is 0 Å². The molecule has 0 aliphatic rings. The average molecular weight is 290 g/mol. The highest BCUT2D eigenvalue weighted by Crippen LogP contribution is 2.28. The van der Waals surface area contributed by atoms with E-state index in [1.54, 1.807) is 25.4 Å². The molecule has 2 aromatic heterocycles. The van der Waals surface area contributed by atoms with Crippen LogP contribution in [0.1, 0.15) is 11.7 Å². The molecule has 0 radical (unpaired) electrons. The first-order valence-electron chi connectivity index (χ1n) is 6.22. The highest BCUT2D eigenvalue weighted by molar-refractivity contribution is 7.22. The van der Waals surface area contributed by atoms with Crippen molar-refractivity contribution in [1.82, 2.24) is 15.1 Å². The van der Waals surface area contributed by atoms with Crippen molar-refractivity contribution in [3.05, 3.63) is 29.9 Å². The Morgan fingerprint density at radius 2 is 2.25 bits per heavy atom. The first-order chi connectivity index (χ1) is 9.74. The van der Waals surface area contributed by atoms with Gasteiger partial charge in [-0.1, -0.05) is 16.5 Å². The number of methoxy groups -OCH3 is 1. The lowest BCUT2D eigenvalue weighted by Crippen LogP contribution is -2.04. The zero-order valence-electron chi connectivity index (χ0n) is 11.2. The third kappa shape index (κ3) is 2.72. The van der Waals surface area contributed by atoms with E-state index in [1.807, 2.05) is 18.2 Å². The molecule has 7 heteroatoms. The van der Waals surface area contributed by atoms with Crippen molar-refractivity contribution in [2.75, 3.05) is 19.0 Å². The number of anilines is 1. The van der Waals surface area contributed by atoms with Crippen LogP contribution in [0.15, 0.2) is 22.7 Å². The fraction of sp³-hybridized carbons (Fsp3) is 0.308. The van der Waals surface area contributed by atoms with Gasteiger partial charge in [-0.05, 0) is 25.1 Å². The van der Waals surface area contributed by atoms with Gasteiger partial charge in [-0.15, -0.1) is 0 Å². The highest BCUT2D eigenvalue weighted by Gasteiger charge is 2.06. The van der Waals surface area contributed by atoms with Crippen LogP contribution in [0.2, 0.25) is 0 Å². The van der Waals surface area contributed by atoms with E-state index < -0.39 is 0 Å². The van der Waals surface area contributed by atoms with Gasteiger partial charge in [-0.3, -0.25) is 0 Å². The van der Waals surface area contributed by atoms with Gasteiger partial charge in [0.05, 0.1) is 17.3 Å². The first-order valence-corrected chi connectivity index (χ1v) is 7.04. The molecule has 0 unspecified atom stereocenters. The first kappa shape index (κ1) is 12.9. The number of thiazole rings is 1. The van der Waals surface area contributed by atoms with Crippen LogP contribution in [0, 0.1) is 6.92 Å². The summed E-state index contributed by atoms with van der Waals surface area (Å²) in [6.45, 7) is 2.51. The van der Waals surface area contributed by atoms with Crippen molar-refractivity contribution in [3.8, 4) is 5.75 Å². The molecule has 0 fully saturated rings. The van der Waals surface area contributed by atoms with Crippen LogP contribution in [-0.4, -0.2) is 28.8 Å². The maximum Gasteiger partial charge on any atom is 0.228 e. The summed E-state index contributed by atoms with van der Waals surface area (Å²) in [5.74, 6) is 2.14. The largest absolute Gasteiger partial charge is 0.497 e. The molecule has 0 spiro atoms. The topological polar surface area (TPSA) is 73.1 Å². The molecule has 0 amide bonds. The maximum absolute atomic E-state index is 5.20. The van der Waals surface area contributed by atoms with Crippen molar-refractivity contribution in [1.29, 1.82) is 0 Å². The Hall–Kier alpha value is -2.15. The molecule has 1 aromatic carbocycles. The van der Waals surface area contributed by atoms with Gasteiger partial charge in [-0.2, -0.15) is 4.98 Å². The Morgan fingerprint density at radius 3 is 3.00 bits per heavy atom. The number of nitrogens with zero attached hydrogens (tertiary/aromatic N) is 3. The van der Waals surface area contributed by atoms with Gasteiger partial charge < -0.3 is 14.6 Å². The molecule has 0 aliphatic carbocycles. The molecule has 1 N–H and O–H groups in total. The Labute approximate surface area is 119 Å². The average Bonchev–Trinajstić information content (AvgIpc) is 3.03. The molecule has 2 heterocycles. The summed E-state index contributed by atoms with van der Waals surface area (Å²) >= 11 is 1.60. The molecule has 104 valence electrons. The fourth-order valence-corrected chi connectivity index (χ4v) is 2.75. The number of hydrogen-bond donors (Lipinski definition) is 1. The predicted molar refractivity (Wildman–Crippen MR) is 77.4 cm³/mol. The zero-order chi connectivity index (χ0) is 13.9. The SMILES string of the molecule is COc1ccc2nc(NCCc3nc(C)no3)sc2c1. The molecule has 20 heavy (non-hydrogen) atoms. The van der Waals surface area contributed by atoms with Gasteiger partial charge >= 0.3 is 0 Å². The Morgan fingerprint density at radius 1 is 1.35 bits per heavy atom. The molecule has 0 aliphatic heterocycles. The van der Waals surface area contributed by atoms with Crippen molar-refractivity contribution in [2.45, 2.75) is 13.3 Å². The Balaban J connectivity index is 1.65. The van der Waals surface area contributed by atoms with Crippen molar-refractivity contribution >= 4 is 26.7 Å². The van der Waals surface area contributed by atoms with Crippen LogP contribution < -0.4 is 10.1 Å². The third-order valence-corrected chi connectivity index (χ3v) is 3.76. The van der Waals surface area contributed by atoms with Crippen molar-refractivity contribution in [3.63, 3.8) is 0 Å². The Bertz CT molecular complexity index is 722. The van der Waals surface area contributed by atoms with Crippen molar-refractivity contribution < 1.29 is 9.26 Å². The third-order valence-electron chi connectivity index (χ3n) is 2.78. The highest BCUT2D eigenvalue weighted by atomic mass is 32.1. The quantitative estimate of drug-likeness (QED) is 0.778. The van der Waals surface area contributed by atoms with E-state index in [0.29, 0.717) is 24.7 Å². The summed E-state index contributed by atoms with van der Waals surface area (Å²) in [5.41, 5.74) is 0.965. The minimum absolute atomic E-state index is 0.637. The van der Waals surface area contributed by atoms with E-state index in [0.717, 1.165) is 21.1 Å². The van der Waals surface area contributed by atoms with E-state index in [4.69, 9.17) is 9.26 Å². The van der Waals surface area contributed by atoms with Gasteiger partial charge in [0.15, 0.2) is 11.0 Å². The van der Waals surface area contributed by atoms with Gasteiger partial charge in [0.25, 0.3) is 0 Å². The molecule has 0 saturated carbocycles. The van der Waals surface area contributed by atoms with Crippen LogP contribution in [0.4, 0.5) is 5.13 Å². The number of rotatable bonds is 5. The van der Waals surface area contributed by atoms with Gasteiger partial charge in [0.1, 0.15) is 5.75 Å². The van der Waals surface area contributed by atoms with E-state index in [-0.39, 0.29) is 0 Å². The van der Waals surface area contributed by atoms with E-state index in [2.05, 4.69) is 20.4 Å². The second kappa shape index (κ2) is 5.46. The normalized spacial score (nSPS) is 10.9. The maximum atomic E-state index is 5.20. The van der Waals surface area contributed by atoms with Crippen molar-refractivity contribution in [2.24, 2.45) is 0 Å². The van der Waals surface area contributed by atoms with Crippen LogP contribution in [0.3, 0.4) is 0 Å². The van der Waals surface area contributed by atoms with Crippen LogP contribution in [-0.2, 0) is 6.42 Å². The molecule has 6 nitrogen and oxygen atoms in total. The molecule has 3 rings (SSSR count). The minimum atomic E-state index is 0.637. The molecule has 0 saturated heterocycles. The predicted octanol–water partition coefficient (Wildman–Crippen LogP) is 2.65. The number of benzene rings is 1. The van der Waals surface area contributed by atoms with Crippen LogP contribution in [0.25, 0.3) is 10.2 Å². The van der Waals surface area contributed by atoms with E-state index in [1.165, 1.54) is 0 Å². The Kier molecular flexibility index (Phi) is 3.51. The summed E-state index contributed by atoms with van der Waals surface area (Å²) in [6.07, 6.45) is 0.681. The second-order valence-electron chi connectivity index (χ2n) is 4.26. The number of nitrogens with one attached hydrogen (secondary N) is 1. The number of hydrogen-bond acceptors (Lipinski definition) is 7. The minimum Gasteiger partial charge on any atom is -0.497 e. The van der Waals surface area contributed by atoms with Gasteiger partial charge in [0, 0.05) is 13.0 Å². The summed E-state index contributed by atoms with van der Waals surface area (Å²) in [5, 5.41) is 7.90. The monoisotopic (exact) mass is 290 g/mol. The molecular weight excluding hydrogens is 276 g/mol. The van der Waals surface area contributed by atoms with Gasteiger partial charge in [-0.25, -0.2) is 4.98 Å². The molecule has 0 atom stereocenters. The van der Waals surface area contributed by atoms with Crippen LogP contribution in [0.5, 0.6) is 5.75 Å². The summed E-state index contributed by atoms with van der Waals surface area (Å²) in [6, 6.07) is 5.85. The van der Waals surface area contributed by atoms with E-state index >= 15 is 0 Å². The zero-order valence-corrected chi connectivity index (χ0v) is 12.0. The molecular formula is C13H14N4O2S. The summed E-state index contributed by atoms with van der Waals surface area (Å²) < 4.78 is 11.4. The standard InChI is InChI=1S/C13H14N4O2S/c1-8-15-12(19-17-8)5-6-14-13-16-10-4-3-9(18-2)7-11(10)20-13/h3-4,7H,5-6H2,1-2H3,(H,14,16). The second-order valence-corrected chi connectivity index (χ2v) is 5.30. The lowest BCUT2D eigenvalue weighted by atomic mass is 10.3. The van der Waals surface area contributed by atoms with Crippen LogP contribution >= 0.6 is 11.3 Å². The summed E-state index contributed by atoms with van der Waals surface area (Å²) in [7, 11) is 1.66. The molecule has 0 bridgehead atoms. The summed E-state index contributed by atoms with van der Waals surface area (Å²) in [4.78, 5) is 8.67. The number of fused-ring (bicyclic) bond motifs is 1. The number of ether oxygens (including phenoxy) is 1. The smallest absolute Gasteiger partial charge is 0.228 e. The fourth-order valence-electron chi connectivity index (χ4n) is 1.83.